The van der Waals surface area contributed by atoms with Crippen molar-refractivity contribution in [3.8, 4) is 5.75 Å². The van der Waals surface area contributed by atoms with Gasteiger partial charge in [0.1, 0.15) is 5.75 Å². The van der Waals surface area contributed by atoms with Crippen molar-refractivity contribution >= 4 is 17.6 Å². The van der Waals surface area contributed by atoms with Crippen molar-refractivity contribution in [3.05, 3.63) is 23.8 Å². The standard InChI is InChI=1S/C13H17NO5/c1-13(2,19-3)7-11(16)14-10-5-4-8(15)6-9(10)12(17)18/h4-6,15H,7H2,1-3H3,(H,14,16)(H,17,18). The molecule has 1 aromatic carbocycles. The molecular formula is C13H17NO5. The Morgan fingerprint density at radius 2 is 2.00 bits per heavy atom. The second-order valence-electron chi connectivity index (χ2n) is 4.72. The van der Waals surface area contributed by atoms with Gasteiger partial charge in [-0.3, -0.25) is 4.79 Å². The van der Waals surface area contributed by atoms with Crippen LogP contribution in [0, 0.1) is 0 Å². The summed E-state index contributed by atoms with van der Waals surface area (Å²) in [5.41, 5.74) is -0.657. The van der Waals surface area contributed by atoms with Crippen LogP contribution < -0.4 is 5.32 Å². The van der Waals surface area contributed by atoms with Crippen LogP contribution in [0.25, 0.3) is 0 Å². The van der Waals surface area contributed by atoms with Crippen LogP contribution in [0.1, 0.15) is 30.6 Å². The fourth-order valence-corrected chi connectivity index (χ4v) is 1.47. The van der Waals surface area contributed by atoms with Crippen LogP contribution in [0.4, 0.5) is 5.69 Å². The Morgan fingerprint density at radius 1 is 1.37 bits per heavy atom. The summed E-state index contributed by atoms with van der Waals surface area (Å²) in [5, 5.41) is 20.7. The number of rotatable bonds is 5. The van der Waals surface area contributed by atoms with E-state index in [1.54, 1.807) is 13.8 Å². The summed E-state index contributed by atoms with van der Waals surface area (Å²) in [4.78, 5) is 22.8. The molecule has 6 nitrogen and oxygen atoms in total. The van der Waals surface area contributed by atoms with Crippen molar-refractivity contribution in [1.82, 2.24) is 0 Å². The third-order valence-corrected chi connectivity index (χ3v) is 2.65. The molecular weight excluding hydrogens is 250 g/mol. The van der Waals surface area contributed by atoms with Crippen LogP contribution in [0.3, 0.4) is 0 Å². The highest BCUT2D eigenvalue weighted by Crippen LogP contribution is 2.22. The number of carboxylic acids is 1. The lowest BCUT2D eigenvalue weighted by molar-refractivity contribution is -0.121. The highest BCUT2D eigenvalue weighted by molar-refractivity contribution is 6.01. The number of ether oxygens (including phenoxy) is 1. The topological polar surface area (TPSA) is 95.9 Å². The predicted molar refractivity (Wildman–Crippen MR) is 69.4 cm³/mol. The monoisotopic (exact) mass is 267 g/mol. The van der Waals surface area contributed by atoms with Crippen molar-refractivity contribution < 1.29 is 24.5 Å². The number of aromatic carboxylic acids is 1. The number of carbonyl (C=O) groups excluding carboxylic acids is 1. The number of amides is 1. The van der Waals surface area contributed by atoms with Gasteiger partial charge in [0.25, 0.3) is 0 Å². The molecule has 3 N–H and O–H groups in total. The molecule has 0 aromatic heterocycles. The summed E-state index contributed by atoms with van der Waals surface area (Å²) in [6.07, 6.45) is 0.0867. The summed E-state index contributed by atoms with van der Waals surface area (Å²) in [6.45, 7) is 3.50. The van der Waals surface area contributed by atoms with Crippen molar-refractivity contribution in [2.75, 3.05) is 12.4 Å². The van der Waals surface area contributed by atoms with Crippen molar-refractivity contribution in [2.24, 2.45) is 0 Å². The number of benzene rings is 1. The number of anilines is 1. The van der Waals surface area contributed by atoms with Gasteiger partial charge in [0, 0.05) is 7.11 Å². The van der Waals surface area contributed by atoms with Gasteiger partial charge in [0.15, 0.2) is 0 Å². The Kier molecular flexibility index (Phi) is 4.50. The van der Waals surface area contributed by atoms with E-state index in [0.717, 1.165) is 6.07 Å². The van der Waals surface area contributed by atoms with E-state index < -0.39 is 11.6 Å². The van der Waals surface area contributed by atoms with E-state index in [1.807, 2.05) is 0 Å². The summed E-state index contributed by atoms with van der Waals surface area (Å²) >= 11 is 0. The Hall–Kier alpha value is -2.08. The number of carbonyl (C=O) groups is 2. The van der Waals surface area contributed by atoms with Gasteiger partial charge >= 0.3 is 5.97 Å². The maximum absolute atomic E-state index is 11.8. The Bertz CT molecular complexity index is 496. The molecule has 0 atom stereocenters. The fraction of sp³-hybridized carbons (Fsp3) is 0.385. The minimum Gasteiger partial charge on any atom is -0.508 e. The molecule has 0 radical (unpaired) electrons. The molecule has 19 heavy (non-hydrogen) atoms. The maximum Gasteiger partial charge on any atom is 0.337 e. The molecule has 0 spiro atoms. The molecule has 0 saturated carbocycles. The largest absolute Gasteiger partial charge is 0.508 e. The van der Waals surface area contributed by atoms with Gasteiger partial charge in [-0.2, -0.15) is 0 Å². The van der Waals surface area contributed by atoms with Gasteiger partial charge in [-0.15, -0.1) is 0 Å². The van der Waals surface area contributed by atoms with Gasteiger partial charge in [-0.25, -0.2) is 4.79 Å². The highest BCUT2D eigenvalue weighted by atomic mass is 16.5. The van der Waals surface area contributed by atoms with E-state index in [-0.39, 0.29) is 29.3 Å². The maximum atomic E-state index is 11.8. The summed E-state index contributed by atoms with van der Waals surface area (Å²) in [7, 11) is 1.50. The number of hydrogen-bond donors (Lipinski definition) is 3. The molecule has 0 aliphatic heterocycles. The molecule has 1 amide bonds. The van der Waals surface area contributed by atoms with E-state index >= 15 is 0 Å². The lowest BCUT2D eigenvalue weighted by Crippen LogP contribution is -2.29. The smallest absolute Gasteiger partial charge is 0.337 e. The molecule has 1 aromatic rings. The number of phenolic OH excluding ortho intramolecular Hbond substituents is 1. The van der Waals surface area contributed by atoms with Crippen LogP contribution in [0.15, 0.2) is 18.2 Å². The Labute approximate surface area is 111 Å². The molecule has 0 heterocycles. The summed E-state index contributed by atoms with van der Waals surface area (Å²) < 4.78 is 5.13. The van der Waals surface area contributed by atoms with Crippen LogP contribution in [-0.4, -0.2) is 34.8 Å². The average molecular weight is 267 g/mol. The van der Waals surface area contributed by atoms with Crippen molar-refractivity contribution in [1.29, 1.82) is 0 Å². The number of phenols is 1. The molecule has 0 saturated heterocycles. The molecule has 1 rings (SSSR count). The normalized spacial score (nSPS) is 11.1. The Morgan fingerprint density at radius 3 is 2.53 bits per heavy atom. The fourth-order valence-electron chi connectivity index (χ4n) is 1.47. The van der Waals surface area contributed by atoms with Crippen LogP contribution in [0.2, 0.25) is 0 Å². The van der Waals surface area contributed by atoms with Crippen LogP contribution >= 0.6 is 0 Å². The number of hydrogen-bond acceptors (Lipinski definition) is 4. The van der Waals surface area contributed by atoms with Gasteiger partial charge in [-0.1, -0.05) is 0 Å². The quantitative estimate of drug-likeness (QED) is 0.707. The molecule has 0 fully saturated rings. The van der Waals surface area contributed by atoms with Gasteiger partial charge in [0.2, 0.25) is 5.91 Å². The molecule has 0 aliphatic carbocycles. The zero-order chi connectivity index (χ0) is 14.6. The third-order valence-electron chi connectivity index (χ3n) is 2.65. The first-order valence-electron chi connectivity index (χ1n) is 5.66. The first-order valence-corrected chi connectivity index (χ1v) is 5.66. The molecule has 6 heteroatoms. The van der Waals surface area contributed by atoms with Gasteiger partial charge in [-0.05, 0) is 32.0 Å². The molecule has 0 aliphatic rings. The zero-order valence-corrected chi connectivity index (χ0v) is 11.1. The number of aromatic hydroxyl groups is 1. The molecule has 0 unspecified atom stereocenters. The van der Waals surface area contributed by atoms with Crippen molar-refractivity contribution in [2.45, 2.75) is 25.9 Å². The summed E-state index contributed by atoms with van der Waals surface area (Å²) in [5.74, 6) is -1.76. The minimum atomic E-state index is -1.22. The van der Waals surface area contributed by atoms with E-state index in [4.69, 9.17) is 9.84 Å². The Balaban J connectivity index is 2.88. The predicted octanol–water partition coefficient (Wildman–Crippen LogP) is 1.84. The van der Waals surface area contributed by atoms with E-state index in [1.165, 1.54) is 19.2 Å². The number of nitrogens with one attached hydrogen (secondary N) is 1. The summed E-state index contributed by atoms with van der Waals surface area (Å²) in [6, 6.07) is 3.74. The van der Waals surface area contributed by atoms with E-state index in [2.05, 4.69) is 5.32 Å². The average Bonchev–Trinajstić information content (AvgIpc) is 2.30. The highest BCUT2D eigenvalue weighted by Gasteiger charge is 2.22. The van der Waals surface area contributed by atoms with Crippen LogP contribution in [-0.2, 0) is 9.53 Å². The third kappa shape index (κ3) is 4.26. The number of methoxy groups -OCH3 is 1. The lowest BCUT2D eigenvalue weighted by Gasteiger charge is -2.22. The SMILES string of the molecule is COC(C)(C)CC(=O)Nc1ccc(O)cc1C(=O)O. The first-order chi connectivity index (χ1) is 8.75. The molecule has 0 bridgehead atoms. The van der Waals surface area contributed by atoms with E-state index in [0.29, 0.717) is 0 Å². The second-order valence-corrected chi connectivity index (χ2v) is 4.72. The lowest BCUT2D eigenvalue weighted by atomic mass is 10.0. The van der Waals surface area contributed by atoms with Crippen LogP contribution in [0.5, 0.6) is 5.75 Å². The second kappa shape index (κ2) is 5.71. The zero-order valence-electron chi connectivity index (χ0n) is 11.1. The van der Waals surface area contributed by atoms with Gasteiger partial charge < -0.3 is 20.3 Å². The van der Waals surface area contributed by atoms with Crippen molar-refractivity contribution in [3.63, 3.8) is 0 Å². The minimum absolute atomic E-state index is 0.0867. The van der Waals surface area contributed by atoms with Gasteiger partial charge in [0.05, 0.1) is 23.3 Å². The number of carboxylic acid groups (broad SMARTS) is 1. The van der Waals surface area contributed by atoms with E-state index in [9.17, 15) is 14.7 Å². The molecule has 104 valence electrons. The first kappa shape index (κ1) is 15.0.